The fourth-order valence-electron chi connectivity index (χ4n) is 5.34. The highest BCUT2D eigenvalue weighted by molar-refractivity contribution is 5.95. The molecule has 1 heterocycles. The SMILES string of the molecule is C=C1C(C)(C)[C@@H]2CC[C@@]1(C(=O)N1CCN(C(=O)c3ccccc3F)CC1)C2. The van der Waals surface area contributed by atoms with Gasteiger partial charge in [-0.3, -0.25) is 9.59 Å². The van der Waals surface area contributed by atoms with Gasteiger partial charge in [-0.05, 0) is 42.7 Å². The van der Waals surface area contributed by atoms with Crippen LogP contribution in [0.15, 0.2) is 36.4 Å². The van der Waals surface area contributed by atoms with Gasteiger partial charge in [-0.25, -0.2) is 4.39 Å². The first-order chi connectivity index (χ1) is 12.8. The summed E-state index contributed by atoms with van der Waals surface area (Å²) >= 11 is 0. The van der Waals surface area contributed by atoms with Gasteiger partial charge in [0.25, 0.3) is 5.91 Å². The summed E-state index contributed by atoms with van der Waals surface area (Å²) in [5.74, 6) is -0.0801. The second-order valence-corrected chi connectivity index (χ2v) is 8.79. The summed E-state index contributed by atoms with van der Waals surface area (Å²) < 4.78 is 13.9. The third-order valence-electron chi connectivity index (χ3n) is 7.26. The molecule has 0 aromatic heterocycles. The molecule has 4 nitrogen and oxygen atoms in total. The third-order valence-corrected chi connectivity index (χ3v) is 7.26. The standard InChI is InChI=1S/C22H27FN2O2/c1-15-21(2,3)16-8-9-22(15,14-16)20(27)25-12-10-24(11-13-25)19(26)17-6-4-5-7-18(17)23/h4-7,16H,1,8-14H2,2-3H3/t16-,22-/m1/s1. The molecule has 0 N–H and O–H groups in total. The van der Waals surface area contributed by atoms with Gasteiger partial charge < -0.3 is 9.80 Å². The number of hydrogen-bond acceptors (Lipinski definition) is 2. The molecule has 3 aliphatic rings. The van der Waals surface area contributed by atoms with E-state index in [2.05, 4.69) is 20.4 Å². The maximum Gasteiger partial charge on any atom is 0.256 e. The van der Waals surface area contributed by atoms with Crippen LogP contribution in [-0.4, -0.2) is 47.8 Å². The number of piperazine rings is 1. The third kappa shape index (κ3) is 2.62. The predicted molar refractivity (Wildman–Crippen MR) is 102 cm³/mol. The van der Waals surface area contributed by atoms with Crippen molar-refractivity contribution in [3.05, 3.63) is 47.8 Å². The maximum atomic E-state index is 13.9. The lowest BCUT2D eigenvalue weighted by molar-refractivity contribution is -0.141. The molecule has 1 aromatic carbocycles. The largest absolute Gasteiger partial charge is 0.338 e. The van der Waals surface area contributed by atoms with Crippen LogP contribution in [0.4, 0.5) is 4.39 Å². The summed E-state index contributed by atoms with van der Waals surface area (Å²) in [6.07, 6.45) is 2.89. The van der Waals surface area contributed by atoms with Crippen molar-refractivity contribution < 1.29 is 14.0 Å². The van der Waals surface area contributed by atoms with E-state index < -0.39 is 11.2 Å². The zero-order valence-electron chi connectivity index (χ0n) is 16.1. The van der Waals surface area contributed by atoms with Gasteiger partial charge in [-0.15, -0.1) is 0 Å². The zero-order valence-corrected chi connectivity index (χ0v) is 16.1. The fraction of sp³-hybridized carbons (Fsp3) is 0.545. The smallest absolute Gasteiger partial charge is 0.256 e. The highest BCUT2D eigenvalue weighted by Gasteiger charge is 2.61. The summed E-state index contributed by atoms with van der Waals surface area (Å²) in [5.41, 5.74) is 0.795. The van der Waals surface area contributed by atoms with Gasteiger partial charge in [0.2, 0.25) is 5.91 Å². The van der Waals surface area contributed by atoms with E-state index in [1.807, 2.05) is 4.90 Å². The number of halogens is 1. The highest BCUT2D eigenvalue weighted by atomic mass is 19.1. The molecule has 144 valence electrons. The Bertz CT molecular complexity index is 810. The van der Waals surface area contributed by atoms with Gasteiger partial charge >= 0.3 is 0 Å². The van der Waals surface area contributed by atoms with Crippen LogP contribution in [0.1, 0.15) is 43.5 Å². The van der Waals surface area contributed by atoms with Gasteiger partial charge in [0.15, 0.2) is 0 Å². The van der Waals surface area contributed by atoms with Crippen LogP contribution >= 0.6 is 0 Å². The minimum absolute atomic E-state index is 0.0243. The number of nitrogens with zero attached hydrogens (tertiary/aromatic N) is 2. The molecule has 2 saturated carbocycles. The lowest BCUT2D eigenvalue weighted by Gasteiger charge is -2.42. The Morgan fingerprint density at radius 3 is 2.33 bits per heavy atom. The Labute approximate surface area is 160 Å². The van der Waals surface area contributed by atoms with Crippen molar-refractivity contribution >= 4 is 11.8 Å². The van der Waals surface area contributed by atoms with Crippen molar-refractivity contribution in [2.75, 3.05) is 26.2 Å². The van der Waals surface area contributed by atoms with Crippen LogP contribution < -0.4 is 0 Å². The summed E-state index contributed by atoms with van der Waals surface area (Å²) in [6, 6.07) is 6.06. The summed E-state index contributed by atoms with van der Waals surface area (Å²) in [5, 5.41) is 0. The van der Waals surface area contributed by atoms with E-state index in [1.165, 1.54) is 12.1 Å². The van der Waals surface area contributed by atoms with E-state index >= 15 is 0 Å². The molecule has 1 aromatic rings. The molecule has 2 amide bonds. The minimum Gasteiger partial charge on any atom is -0.338 e. The molecule has 2 aliphatic carbocycles. The molecule has 0 unspecified atom stereocenters. The van der Waals surface area contributed by atoms with E-state index in [0.717, 1.165) is 24.8 Å². The predicted octanol–water partition coefficient (Wildman–Crippen LogP) is 3.49. The van der Waals surface area contributed by atoms with E-state index in [9.17, 15) is 14.0 Å². The summed E-state index contributed by atoms with van der Waals surface area (Å²) in [4.78, 5) is 29.5. The molecule has 5 heteroatoms. The number of carbonyl (C=O) groups excluding carboxylic acids is 2. The summed E-state index contributed by atoms with van der Waals surface area (Å²) in [6.45, 7) is 10.6. The monoisotopic (exact) mass is 370 g/mol. The van der Waals surface area contributed by atoms with Crippen LogP contribution in [0.2, 0.25) is 0 Å². The molecular formula is C22H27FN2O2. The van der Waals surface area contributed by atoms with Crippen LogP contribution in [0.3, 0.4) is 0 Å². The highest BCUT2D eigenvalue weighted by Crippen LogP contribution is 2.65. The number of rotatable bonds is 2. The first-order valence-corrected chi connectivity index (χ1v) is 9.80. The van der Waals surface area contributed by atoms with E-state index in [0.29, 0.717) is 32.1 Å². The van der Waals surface area contributed by atoms with Gasteiger partial charge in [0.1, 0.15) is 5.82 Å². The molecule has 27 heavy (non-hydrogen) atoms. The Hall–Kier alpha value is -2.17. The molecule has 4 rings (SSSR count). The van der Waals surface area contributed by atoms with E-state index in [1.54, 1.807) is 17.0 Å². The Balaban J connectivity index is 1.44. The van der Waals surface area contributed by atoms with Crippen molar-refractivity contribution in [1.82, 2.24) is 9.80 Å². The van der Waals surface area contributed by atoms with Gasteiger partial charge in [-0.2, -0.15) is 0 Å². The van der Waals surface area contributed by atoms with Crippen LogP contribution in [0, 0.1) is 22.6 Å². The van der Waals surface area contributed by atoms with Crippen molar-refractivity contribution in [3.63, 3.8) is 0 Å². The zero-order chi connectivity index (χ0) is 19.4. The quantitative estimate of drug-likeness (QED) is 0.748. The van der Waals surface area contributed by atoms with Crippen LogP contribution in [-0.2, 0) is 4.79 Å². The van der Waals surface area contributed by atoms with Gasteiger partial charge in [0, 0.05) is 26.2 Å². The van der Waals surface area contributed by atoms with Gasteiger partial charge in [0.05, 0.1) is 11.0 Å². The maximum absolute atomic E-state index is 13.9. The molecular weight excluding hydrogens is 343 g/mol. The Morgan fingerprint density at radius 2 is 1.74 bits per heavy atom. The van der Waals surface area contributed by atoms with Crippen molar-refractivity contribution in [2.24, 2.45) is 16.7 Å². The van der Waals surface area contributed by atoms with Crippen LogP contribution in [0.25, 0.3) is 0 Å². The number of hydrogen-bond donors (Lipinski definition) is 0. The molecule has 2 atom stereocenters. The van der Waals surface area contributed by atoms with Crippen molar-refractivity contribution in [1.29, 1.82) is 0 Å². The average Bonchev–Trinajstić information content (AvgIpc) is 3.20. The molecule has 1 aliphatic heterocycles. The number of carbonyl (C=O) groups is 2. The first kappa shape index (κ1) is 18.2. The number of benzene rings is 1. The summed E-state index contributed by atoms with van der Waals surface area (Å²) in [7, 11) is 0. The van der Waals surface area contributed by atoms with Crippen molar-refractivity contribution in [3.8, 4) is 0 Å². The number of fused-ring (bicyclic) bond motifs is 2. The molecule has 0 radical (unpaired) electrons. The molecule has 3 fully saturated rings. The molecule has 0 spiro atoms. The normalized spacial score (nSPS) is 29.3. The first-order valence-electron chi connectivity index (χ1n) is 9.80. The Kier molecular flexibility index (Phi) is 4.17. The number of amides is 2. The second-order valence-electron chi connectivity index (χ2n) is 8.79. The fourth-order valence-corrected chi connectivity index (χ4v) is 5.34. The minimum atomic E-state index is -0.499. The topological polar surface area (TPSA) is 40.6 Å². The van der Waals surface area contributed by atoms with E-state index in [4.69, 9.17) is 0 Å². The lowest BCUT2D eigenvalue weighted by Crippen LogP contribution is -2.54. The van der Waals surface area contributed by atoms with Crippen LogP contribution in [0.5, 0.6) is 0 Å². The van der Waals surface area contributed by atoms with Crippen molar-refractivity contribution in [2.45, 2.75) is 33.1 Å². The van der Waals surface area contributed by atoms with E-state index in [-0.39, 0.29) is 22.8 Å². The average molecular weight is 370 g/mol. The molecule has 1 saturated heterocycles. The van der Waals surface area contributed by atoms with Gasteiger partial charge in [-0.1, -0.05) is 38.1 Å². The Morgan fingerprint density at radius 1 is 1.11 bits per heavy atom. The second kappa shape index (κ2) is 6.18. The molecule has 2 bridgehead atoms. The lowest BCUT2D eigenvalue weighted by atomic mass is 9.68.